The molecule has 2 unspecified atom stereocenters. The molecule has 3 N–H and O–H groups in total. The molecule has 0 bridgehead atoms. The Morgan fingerprint density at radius 2 is 1.56 bits per heavy atom. The van der Waals surface area contributed by atoms with E-state index in [0.29, 0.717) is 19.6 Å². The average molecular weight is 540 g/mol. The predicted octanol–water partition coefficient (Wildman–Crippen LogP) is 3.51. The minimum atomic E-state index is -1.10. The topological polar surface area (TPSA) is 107 Å². The van der Waals surface area contributed by atoms with Crippen molar-refractivity contribution in [3.05, 3.63) is 95.1 Å². The molecule has 2 atom stereocenters. The van der Waals surface area contributed by atoms with Gasteiger partial charge in [0, 0.05) is 38.3 Å². The van der Waals surface area contributed by atoms with Crippen LogP contribution in [0.2, 0.25) is 0 Å². The van der Waals surface area contributed by atoms with Crippen molar-refractivity contribution in [3.8, 4) is 0 Å². The van der Waals surface area contributed by atoms with Crippen LogP contribution in [-0.2, 0) is 13.0 Å². The van der Waals surface area contributed by atoms with Crippen molar-refractivity contribution in [3.63, 3.8) is 0 Å². The molecule has 0 saturated carbocycles. The molecular formula is C29H35F2N5O3. The molecule has 0 aliphatic carbocycles. The maximum atomic E-state index is 13.8. The number of aromatic nitrogens is 2. The van der Waals surface area contributed by atoms with Crippen molar-refractivity contribution in [1.29, 1.82) is 0 Å². The first-order valence-electron chi connectivity index (χ1n) is 13.1. The highest BCUT2D eigenvalue weighted by molar-refractivity contribution is 5.97. The first-order chi connectivity index (χ1) is 18.8. The number of rotatable bonds is 14. The third kappa shape index (κ3) is 9.19. The standard InChI is InChI=1S/C29H35F2N5O3/c1-3-10-36(11-4-2)29(39)26-16-25(33-19-34-26)28(38)35-24(14-21-12-22(30)15-23(31)13-21)27(37)18-32-17-20-8-6-5-7-9-20/h5-9,12-13,15-16,19,24,27,32,37H,3-4,10-11,14,17-18H2,1-2H3,(H,35,38). The van der Waals surface area contributed by atoms with Gasteiger partial charge in [0.05, 0.1) is 12.1 Å². The van der Waals surface area contributed by atoms with Gasteiger partial charge in [-0.3, -0.25) is 9.59 Å². The summed E-state index contributed by atoms with van der Waals surface area (Å²) in [4.78, 5) is 35.9. The summed E-state index contributed by atoms with van der Waals surface area (Å²) in [5.41, 5.74) is 1.32. The van der Waals surface area contributed by atoms with Crippen molar-refractivity contribution < 1.29 is 23.5 Å². The van der Waals surface area contributed by atoms with Crippen LogP contribution in [0.4, 0.5) is 8.78 Å². The molecule has 3 aromatic rings. The molecular weight excluding hydrogens is 504 g/mol. The Balaban J connectivity index is 1.76. The van der Waals surface area contributed by atoms with Crippen LogP contribution in [0.5, 0.6) is 0 Å². The lowest BCUT2D eigenvalue weighted by Crippen LogP contribution is -2.49. The Morgan fingerprint density at radius 3 is 2.21 bits per heavy atom. The summed E-state index contributed by atoms with van der Waals surface area (Å²) in [6.07, 6.45) is 1.57. The molecule has 1 heterocycles. The van der Waals surface area contributed by atoms with Crippen LogP contribution >= 0.6 is 0 Å². The van der Waals surface area contributed by atoms with Crippen molar-refractivity contribution in [1.82, 2.24) is 25.5 Å². The van der Waals surface area contributed by atoms with Crippen molar-refractivity contribution in [2.45, 2.75) is 51.8 Å². The van der Waals surface area contributed by atoms with E-state index in [2.05, 4.69) is 20.6 Å². The summed E-state index contributed by atoms with van der Waals surface area (Å²) >= 11 is 0. The van der Waals surface area contributed by atoms with Crippen LogP contribution in [0.25, 0.3) is 0 Å². The first-order valence-corrected chi connectivity index (χ1v) is 13.1. The van der Waals surface area contributed by atoms with Gasteiger partial charge in [-0.05, 0) is 42.5 Å². The summed E-state index contributed by atoms with van der Waals surface area (Å²) < 4.78 is 27.7. The molecule has 8 nitrogen and oxygen atoms in total. The van der Waals surface area contributed by atoms with Gasteiger partial charge in [-0.1, -0.05) is 44.2 Å². The number of halogens is 2. The Bertz CT molecular complexity index is 1200. The van der Waals surface area contributed by atoms with E-state index < -0.39 is 29.7 Å². The molecule has 0 fully saturated rings. The summed E-state index contributed by atoms with van der Waals surface area (Å²) in [5.74, 6) is -2.45. The zero-order valence-corrected chi connectivity index (χ0v) is 22.2. The molecule has 0 radical (unpaired) electrons. The lowest BCUT2D eigenvalue weighted by Gasteiger charge is -2.25. The van der Waals surface area contributed by atoms with Gasteiger partial charge in [0.2, 0.25) is 0 Å². The van der Waals surface area contributed by atoms with Crippen molar-refractivity contribution in [2.75, 3.05) is 19.6 Å². The summed E-state index contributed by atoms with van der Waals surface area (Å²) in [5, 5.41) is 16.8. The Kier molecular flexibility index (Phi) is 11.4. The smallest absolute Gasteiger partial charge is 0.272 e. The van der Waals surface area contributed by atoms with Crippen LogP contribution in [0.15, 0.2) is 60.9 Å². The Morgan fingerprint density at radius 1 is 0.923 bits per heavy atom. The number of benzene rings is 2. The van der Waals surface area contributed by atoms with Gasteiger partial charge in [-0.25, -0.2) is 18.7 Å². The number of carbonyl (C=O) groups is 2. The minimum Gasteiger partial charge on any atom is -0.390 e. The molecule has 0 spiro atoms. The monoisotopic (exact) mass is 539 g/mol. The quantitative estimate of drug-likeness (QED) is 0.290. The van der Waals surface area contributed by atoms with E-state index in [9.17, 15) is 23.5 Å². The van der Waals surface area contributed by atoms with Crippen LogP contribution in [0.1, 0.15) is 58.8 Å². The fraction of sp³-hybridized carbons (Fsp3) is 0.379. The number of nitrogens with zero attached hydrogens (tertiary/aromatic N) is 3. The second-order valence-corrected chi connectivity index (χ2v) is 9.33. The largest absolute Gasteiger partial charge is 0.390 e. The number of amides is 2. The summed E-state index contributed by atoms with van der Waals surface area (Å²) in [6, 6.07) is 13.1. The predicted molar refractivity (Wildman–Crippen MR) is 144 cm³/mol. The maximum absolute atomic E-state index is 13.8. The van der Waals surface area contributed by atoms with E-state index in [-0.39, 0.29) is 35.8 Å². The average Bonchev–Trinajstić information content (AvgIpc) is 2.92. The lowest BCUT2D eigenvalue weighted by molar-refractivity contribution is 0.0749. The molecule has 0 saturated heterocycles. The summed E-state index contributed by atoms with van der Waals surface area (Å²) in [7, 11) is 0. The molecule has 208 valence electrons. The Labute approximate surface area is 227 Å². The van der Waals surface area contributed by atoms with Gasteiger partial charge in [-0.2, -0.15) is 0 Å². The highest BCUT2D eigenvalue weighted by Gasteiger charge is 2.25. The summed E-state index contributed by atoms with van der Waals surface area (Å²) in [6.45, 7) is 5.66. The fourth-order valence-electron chi connectivity index (χ4n) is 4.23. The van der Waals surface area contributed by atoms with Gasteiger partial charge in [0.25, 0.3) is 11.8 Å². The normalized spacial score (nSPS) is 12.5. The maximum Gasteiger partial charge on any atom is 0.272 e. The fourth-order valence-corrected chi connectivity index (χ4v) is 4.23. The number of aliphatic hydroxyl groups excluding tert-OH is 1. The Hall–Kier alpha value is -3.76. The van der Waals surface area contributed by atoms with Gasteiger partial charge >= 0.3 is 0 Å². The van der Waals surface area contributed by atoms with E-state index >= 15 is 0 Å². The van der Waals surface area contributed by atoms with Gasteiger partial charge < -0.3 is 20.6 Å². The van der Waals surface area contributed by atoms with E-state index in [0.717, 1.165) is 42.9 Å². The molecule has 2 amide bonds. The van der Waals surface area contributed by atoms with E-state index in [4.69, 9.17) is 0 Å². The van der Waals surface area contributed by atoms with Gasteiger partial charge in [0.1, 0.15) is 29.3 Å². The molecule has 39 heavy (non-hydrogen) atoms. The van der Waals surface area contributed by atoms with Crippen LogP contribution in [0, 0.1) is 11.6 Å². The molecule has 0 aliphatic rings. The third-order valence-electron chi connectivity index (χ3n) is 6.08. The minimum absolute atomic E-state index is 0.0355. The van der Waals surface area contributed by atoms with E-state index in [1.807, 2.05) is 44.2 Å². The highest BCUT2D eigenvalue weighted by Crippen LogP contribution is 2.13. The zero-order valence-electron chi connectivity index (χ0n) is 22.2. The van der Waals surface area contributed by atoms with Gasteiger partial charge in [-0.15, -0.1) is 0 Å². The number of aliphatic hydroxyl groups is 1. The number of carbonyl (C=O) groups excluding carboxylic acids is 2. The van der Waals surface area contributed by atoms with Crippen LogP contribution < -0.4 is 10.6 Å². The van der Waals surface area contributed by atoms with Gasteiger partial charge in [0.15, 0.2) is 0 Å². The van der Waals surface area contributed by atoms with Crippen LogP contribution in [0.3, 0.4) is 0 Å². The van der Waals surface area contributed by atoms with E-state index in [1.165, 1.54) is 6.07 Å². The van der Waals surface area contributed by atoms with E-state index in [1.54, 1.807) is 4.90 Å². The van der Waals surface area contributed by atoms with Crippen molar-refractivity contribution >= 4 is 11.8 Å². The SMILES string of the molecule is CCCN(CCC)C(=O)c1cc(C(=O)NC(Cc2cc(F)cc(F)c2)C(O)CNCc2ccccc2)ncn1. The highest BCUT2D eigenvalue weighted by atomic mass is 19.1. The molecule has 0 aliphatic heterocycles. The zero-order chi connectivity index (χ0) is 28.2. The second-order valence-electron chi connectivity index (χ2n) is 9.33. The molecule has 1 aromatic heterocycles. The first kappa shape index (κ1) is 29.8. The molecule has 3 rings (SSSR count). The van der Waals surface area contributed by atoms with Crippen molar-refractivity contribution in [2.24, 2.45) is 0 Å². The van der Waals surface area contributed by atoms with Crippen LogP contribution in [-0.4, -0.2) is 63.6 Å². The second kappa shape index (κ2) is 15.0. The third-order valence-corrected chi connectivity index (χ3v) is 6.08. The lowest BCUT2D eigenvalue weighted by atomic mass is 10.00. The molecule has 10 heteroatoms. The number of hydrogen-bond donors (Lipinski definition) is 3. The molecule has 2 aromatic carbocycles. The number of nitrogens with one attached hydrogen (secondary N) is 2. The number of hydrogen-bond acceptors (Lipinski definition) is 6.